The molecule has 1 saturated heterocycles. The van der Waals surface area contributed by atoms with E-state index in [1.54, 1.807) is 18.4 Å². The van der Waals surface area contributed by atoms with Gasteiger partial charge >= 0.3 is 5.56 Å². The molecule has 1 N–H and O–H groups in total. The van der Waals surface area contributed by atoms with E-state index in [-0.39, 0.29) is 30.1 Å². The number of aryl methyl sites for hydroxylation is 1. The highest BCUT2D eigenvalue weighted by molar-refractivity contribution is 5.80. The Kier molecular flexibility index (Phi) is 4.29. The van der Waals surface area contributed by atoms with Crippen molar-refractivity contribution in [2.75, 3.05) is 13.2 Å². The molecule has 2 aliphatic rings. The lowest BCUT2D eigenvalue weighted by Gasteiger charge is -2.32. The first-order chi connectivity index (χ1) is 12.7. The first-order valence-electron chi connectivity index (χ1n) is 9.35. The smallest absolute Gasteiger partial charge is 0.313 e. The molecular weight excluding hydrogens is 349 g/mol. The van der Waals surface area contributed by atoms with Crippen LogP contribution < -0.4 is 10.3 Å². The van der Waals surface area contributed by atoms with Crippen molar-refractivity contribution in [3.05, 3.63) is 34.1 Å². The monoisotopic (exact) mass is 375 g/mol. The Bertz CT molecular complexity index is 934. The number of para-hydroxylation sites is 1. The van der Waals surface area contributed by atoms with E-state index < -0.39 is 18.0 Å². The molecule has 0 radical (unpaired) electrons. The summed E-state index contributed by atoms with van der Waals surface area (Å²) in [6, 6.07) is 5.93. The minimum atomic E-state index is -0.792. The summed E-state index contributed by atoms with van der Waals surface area (Å²) < 4.78 is 18.9. The van der Waals surface area contributed by atoms with E-state index in [0.717, 1.165) is 23.0 Å². The van der Waals surface area contributed by atoms with Gasteiger partial charge in [-0.25, -0.2) is 4.98 Å². The second-order valence-electron chi connectivity index (χ2n) is 8.39. The van der Waals surface area contributed by atoms with Crippen LogP contribution in [-0.2, 0) is 21.4 Å². The molecular formula is C20H26N2O5. The van der Waals surface area contributed by atoms with Crippen molar-refractivity contribution < 1.29 is 19.3 Å². The zero-order valence-electron chi connectivity index (χ0n) is 16.2. The maximum atomic E-state index is 12.9. The molecule has 1 aromatic carbocycles. The number of nitrogens with zero attached hydrogens (tertiary/aromatic N) is 2. The fourth-order valence-corrected chi connectivity index (χ4v) is 4.02. The standard InChI is InChI=1S/C20H26N2O5/c1-19(2)8-9-22-16-12(19)6-5-7-13(16)21-17(18(22)24)25-11-15-14(10-23)26-20(3,4)27-15/h5-7,14-15,23H,8-11H2,1-4H3/t14-,15-/m0/s1/i17+1. The molecule has 2 atom stereocenters. The topological polar surface area (TPSA) is 82.8 Å². The van der Waals surface area contributed by atoms with Gasteiger partial charge in [0.1, 0.15) is 18.8 Å². The van der Waals surface area contributed by atoms with Crippen molar-refractivity contribution in [3.63, 3.8) is 0 Å². The molecule has 1 fully saturated rings. The van der Waals surface area contributed by atoms with Crippen molar-refractivity contribution in [1.29, 1.82) is 0 Å². The number of hydrogen-bond acceptors (Lipinski definition) is 6. The Morgan fingerprint density at radius 2 is 2.00 bits per heavy atom. The minimum absolute atomic E-state index is 0.00492. The highest BCUT2D eigenvalue weighted by Crippen LogP contribution is 2.36. The van der Waals surface area contributed by atoms with Crippen LogP contribution >= 0.6 is 0 Å². The van der Waals surface area contributed by atoms with Crippen LogP contribution in [0.1, 0.15) is 39.7 Å². The van der Waals surface area contributed by atoms with E-state index in [4.69, 9.17) is 14.2 Å². The lowest BCUT2D eigenvalue weighted by Crippen LogP contribution is -2.36. The Balaban J connectivity index is 1.67. The zero-order valence-corrected chi connectivity index (χ0v) is 16.2. The van der Waals surface area contributed by atoms with Crippen molar-refractivity contribution in [2.45, 2.75) is 64.1 Å². The number of aliphatic hydroxyl groups excluding tert-OH is 1. The quantitative estimate of drug-likeness (QED) is 0.880. The second-order valence-corrected chi connectivity index (χ2v) is 8.39. The Morgan fingerprint density at radius 1 is 1.26 bits per heavy atom. The Hall–Kier alpha value is -1.96. The molecule has 4 rings (SSSR count). The second kappa shape index (κ2) is 6.29. The molecule has 2 aliphatic heterocycles. The fourth-order valence-electron chi connectivity index (χ4n) is 4.02. The largest absolute Gasteiger partial charge is 0.471 e. The van der Waals surface area contributed by atoms with Crippen molar-refractivity contribution in [1.82, 2.24) is 9.55 Å². The summed E-state index contributed by atoms with van der Waals surface area (Å²) in [5.74, 6) is -0.732. The molecule has 0 spiro atoms. The normalized spacial score (nSPS) is 25.7. The fraction of sp³-hybridized carbons (Fsp3) is 0.600. The number of benzene rings is 1. The van der Waals surface area contributed by atoms with Gasteiger partial charge in [0.25, 0.3) is 5.88 Å². The predicted molar refractivity (Wildman–Crippen MR) is 100 cm³/mol. The van der Waals surface area contributed by atoms with Gasteiger partial charge in [-0.3, -0.25) is 4.79 Å². The van der Waals surface area contributed by atoms with E-state index in [2.05, 4.69) is 24.9 Å². The summed E-state index contributed by atoms with van der Waals surface area (Å²) in [4.78, 5) is 17.4. The van der Waals surface area contributed by atoms with E-state index in [9.17, 15) is 9.90 Å². The molecule has 7 heteroatoms. The van der Waals surface area contributed by atoms with Gasteiger partial charge in [0.2, 0.25) is 0 Å². The average molecular weight is 375 g/mol. The summed E-state index contributed by atoms with van der Waals surface area (Å²) >= 11 is 0. The maximum absolute atomic E-state index is 12.9. The number of hydrogen-bond donors (Lipinski definition) is 1. The van der Waals surface area contributed by atoms with E-state index in [0.29, 0.717) is 6.54 Å². The molecule has 0 saturated carbocycles. The summed E-state index contributed by atoms with van der Waals surface area (Å²) in [7, 11) is 0. The molecule has 0 aliphatic carbocycles. The Morgan fingerprint density at radius 3 is 2.74 bits per heavy atom. The van der Waals surface area contributed by atoms with Gasteiger partial charge in [-0.15, -0.1) is 0 Å². The number of ether oxygens (including phenoxy) is 3. The summed E-state index contributed by atoms with van der Waals surface area (Å²) in [5, 5.41) is 9.49. The van der Waals surface area contributed by atoms with E-state index in [1.807, 2.05) is 12.1 Å². The number of aromatic nitrogens is 2. The molecule has 2 aromatic rings. The van der Waals surface area contributed by atoms with Crippen LogP contribution in [0.15, 0.2) is 23.0 Å². The third kappa shape index (κ3) is 3.13. The van der Waals surface area contributed by atoms with Gasteiger partial charge in [0.05, 0.1) is 17.6 Å². The van der Waals surface area contributed by atoms with Crippen LogP contribution in [0.3, 0.4) is 0 Å². The minimum Gasteiger partial charge on any atom is -0.471 e. The molecule has 27 heavy (non-hydrogen) atoms. The third-order valence-electron chi connectivity index (χ3n) is 5.47. The van der Waals surface area contributed by atoms with Gasteiger partial charge < -0.3 is 23.9 Å². The molecule has 0 unspecified atom stereocenters. The van der Waals surface area contributed by atoms with Crippen LogP contribution in [0, 0.1) is 0 Å². The van der Waals surface area contributed by atoms with Crippen LogP contribution in [0.4, 0.5) is 0 Å². The van der Waals surface area contributed by atoms with Crippen LogP contribution in [-0.4, -0.2) is 45.9 Å². The lowest BCUT2D eigenvalue weighted by atomic mass is 9.79. The van der Waals surface area contributed by atoms with Crippen LogP contribution in [0.2, 0.25) is 0 Å². The van der Waals surface area contributed by atoms with Crippen LogP contribution in [0.25, 0.3) is 11.0 Å². The van der Waals surface area contributed by atoms with Gasteiger partial charge in [-0.05, 0) is 37.3 Å². The first kappa shape index (κ1) is 18.4. The lowest BCUT2D eigenvalue weighted by molar-refractivity contribution is -0.151. The highest BCUT2D eigenvalue weighted by atomic mass is 16.8. The molecule has 146 valence electrons. The van der Waals surface area contributed by atoms with E-state index in [1.165, 1.54) is 0 Å². The third-order valence-corrected chi connectivity index (χ3v) is 5.47. The molecule has 0 amide bonds. The molecule has 7 nitrogen and oxygen atoms in total. The SMILES string of the molecule is CC1(C)O[C@@H](CO)[C@H](CO[13c]2nc3cccc4c3n(c2=O)CCC4(C)C)O1. The van der Waals surface area contributed by atoms with Gasteiger partial charge in [0.15, 0.2) is 5.79 Å². The van der Waals surface area contributed by atoms with Gasteiger partial charge in [-0.2, -0.15) is 0 Å². The molecule has 0 bridgehead atoms. The first-order valence-corrected chi connectivity index (χ1v) is 9.35. The molecule has 3 heterocycles. The highest BCUT2D eigenvalue weighted by Gasteiger charge is 2.41. The van der Waals surface area contributed by atoms with Crippen LogP contribution in [0.5, 0.6) is 5.88 Å². The summed E-state index contributed by atoms with van der Waals surface area (Å²) in [5.41, 5.74) is 2.55. The maximum Gasteiger partial charge on any atom is 0.313 e. The Labute approximate surface area is 157 Å². The van der Waals surface area contributed by atoms with Crippen molar-refractivity contribution >= 4 is 11.0 Å². The number of aliphatic hydroxyl groups is 1. The van der Waals surface area contributed by atoms with Gasteiger partial charge in [0, 0.05) is 6.54 Å². The van der Waals surface area contributed by atoms with Crippen molar-refractivity contribution in [3.8, 4) is 5.88 Å². The molecule has 1 aromatic heterocycles. The van der Waals surface area contributed by atoms with Gasteiger partial charge in [-0.1, -0.05) is 26.0 Å². The summed E-state index contributed by atoms with van der Waals surface area (Å²) in [6.45, 7) is 8.49. The van der Waals surface area contributed by atoms with E-state index >= 15 is 0 Å². The predicted octanol–water partition coefficient (Wildman–Crippen LogP) is 1.97. The number of rotatable bonds is 4. The average Bonchev–Trinajstić information content (AvgIpc) is 2.92. The zero-order chi connectivity index (χ0) is 19.4. The van der Waals surface area contributed by atoms with Crippen molar-refractivity contribution in [2.24, 2.45) is 0 Å². The summed E-state index contributed by atoms with van der Waals surface area (Å²) in [6.07, 6.45) is -0.0782.